The average Bonchev–Trinajstić information content (AvgIpc) is 2.95. The van der Waals surface area contributed by atoms with Crippen LogP contribution >= 0.6 is 23.2 Å². The largest absolute Gasteiger partial charge is 0.494 e. The Balaban J connectivity index is 1.94. The molecule has 13 nitrogen and oxygen atoms in total. The van der Waals surface area contributed by atoms with Crippen LogP contribution in [-0.4, -0.2) is 62.8 Å². The Hall–Kier alpha value is -4.04. The lowest BCUT2D eigenvalue weighted by Crippen LogP contribution is -2.29. The van der Waals surface area contributed by atoms with Crippen molar-refractivity contribution in [2.45, 2.75) is 0 Å². The smallest absolute Gasteiger partial charge is 0.272 e. The number of hydrogen-bond donors (Lipinski definition) is 2. The molecule has 0 aliphatic carbocycles. The van der Waals surface area contributed by atoms with E-state index in [-0.39, 0.29) is 46.1 Å². The number of benzene rings is 3. The van der Waals surface area contributed by atoms with Gasteiger partial charge in [0.25, 0.3) is 5.69 Å². The van der Waals surface area contributed by atoms with Crippen molar-refractivity contribution in [2.75, 3.05) is 52.5 Å². The molecule has 3 rings (SSSR count). The van der Waals surface area contributed by atoms with Crippen LogP contribution in [0.3, 0.4) is 0 Å². The molecule has 0 amide bonds. The minimum absolute atomic E-state index is 0.0462. The van der Waals surface area contributed by atoms with Crippen molar-refractivity contribution in [1.82, 2.24) is 0 Å². The summed E-state index contributed by atoms with van der Waals surface area (Å²) in [5.74, 6) is 1.00. The highest BCUT2D eigenvalue weighted by atomic mass is 35.5. The molecule has 0 atom stereocenters. The van der Waals surface area contributed by atoms with Crippen LogP contribution in [0.1, 0.15) is 0 Å². The summed E-state index contributed by atoms with van der Waals surface area (Å²) in [6.45, 7) is 0.533. The Morgan fingerprint density at radius 1 is 0.775 bits per heavy atom. The molecule has 0 aliphatic rings. The first kappa shape index (κ1) is 30.5. The predicted octanol–water partition coefficient (Wildman–Crippen LogP) is 6.55. The number of methoxy groups -OCH3 is 3. The van der Waals surface area contributed by atoms with Gasteiger partial charge in [-0.3, -0.25) is 10.1 Å². The highest BCUT2D eigenvalue weighted by molar-refractivity contribution is 6.39. The SMILES string of the molecule is COc1cc(N(CCO)CCO)ccc1N=Nc1cc(OC)c(N=Nc2c(Cl)cc([N+](=O)[O-])cc2Cl)cc1OC. The number of non-ortho nitro benzene ring substituents is 1. The molecule has 0 aliphatic heterocycles. The van der Waals surface area contributed by atoms with Crippen LogP contribution in [0.2, 0.25) is 10.0 Å². The number of ether oxygens (including phenoxy) is 3. The van der Waals surface area contributed by atoms with Gasteiger partial charge in [0, 0.05) is 49.1 Å². The molecule has 0 aromatic heterocycles. The van der Waals surface area contributed by atoms with Crippen molar-refractivity contribution in [3.05, 3.63) is 62.6 Å². The van der Waals surface area contributed by atoms with Gasteiger partial charge >= 0.3 is 0 Å². The molecule has 0 spiro atoms. The van der Waals surface area contributed by atoms with Crippen molar-refractivity contribution in [1.29, 1.82) is 0 Å². The van der Waals surface area contributed by atoms with Crippen LogP contribution in [-0.2, 0) is 0 Å². The molecule has 0 heterocycles. The zero-order valence-electron chi connectivity index (χ0n) is 21.7. The van der Waals surface area contributed by atoms with E-state index in [0.29, 0.717) is 36.0 Å². The predicted molar refractivity (Wildman–Crippen MR) is 150 cm³/mol. The molecule has 0 radical (unpaired) electrons. The number of rotatable bonds is 13. The third-order valence-corrected chi connectivity index (χ3v) is 6.06. The fraction of sp³-hybridized carbons (Fsp3) is 0.280. The molecule has 212 valence electrons. The standard InChI is InChI=1S/C25H26Cl2N6O7/c1-38-22-12-15(32(6-8-34)7-9-35)4-5-19(22)28-29-20-13-24(40-3)21(14-23(20)39-2)30-31-25-17(26)10-16(33(36)37)11-18(25)27/h4-5,10-14,34-35H,6-9H2,1-3H3. The number of nitrogens with zero attached hydrogens (tertiary/aromatic N) is 6. The summed E-state index contributed by atoms with van der Waals surface area (Å²) >= 11 is 12.2. The van der Waals surface area contributed by atoms with Crippen LogP contribution in [0, 0.1) is 10.1 Å². The minimum atomic E-state index is -0.618. The summed E-state index contributed by atoms with van der Waals surface area (Å²) in [5, 5.41) is 46.3. The van der Waals surface area contributed by atoms with E-state index in [2.05, 4.69) is 20.5 Å². The quantitative estimate of drug-likeness (QED) is 0.128. The van der Waals surface area contributed by atoms with Gasteiger partial charge in [0.05, 0.1) is 49.5 Å². The van der Waals surface area contributed by atoms with Gasteiger partial charge in [-0.2, -0.15) is 0 Å². The lowest BCUT2D eigenvalue weighted by atomic mass is 10.2. The van der Waals surface area contributed by atoms with Gasteiger partial charge in [0.15, 0.2) is 0 Å². The molecule has 0 unspecified atom stereocenters. The fourth-order valence-corrected chi connectivity index (χ4v) is 4.09. The Morgan fingerprint density at radius 2 is 1.25 bits per heavy atom. The molecule has 3 aromatic rings. The summed E-state index contributed by atoms with van der Waals surface area (Å²) < 4.78 is 16.4. The maximum atomic E-state index is 11.0. The van der Waals surface area contributed by atoms with E-state index in [9.17, 15) is 20.3 Å². The number of aliphatic hydroxyl groups is 2. The number of nitro benzene ring substituents is 1. The van der Waals surface area contributed by atoms with E-state index in [0.717, 1.165) is 17.8 Å². The van der Waals surface area contributed by atoms with E-state index in [4.69, 9.17) is 37.4 Å². The average molecular weight is 593 g/mol. The van der Waals surface area contributed by atoms with Gasteiger partial charge in [0.2, 0.25) is 0 Å². The van der Waals surface area contributed by atoms with Crippen LogP contribution in [0.4, 0.5) is 34.1 Å². The third-order valence-electron chi connectivity index (χ3n) is 5.48. The van der Waals surface area contributed by atoms with Crippen molar-refractivity contribution in [3.8, 4) is 17.2 Å². The first-order valence-electron chi connectivity index (χ1n) is 11.6. The van der Waals surface area contributed by atoms with Gasteiger partial charge in [-0.05, 0) is 12.1 Å². The second-order valence-corrected chi connectivity index (χ2v) is 8.72. The zero-order valence-corrected chi connectivity index (χ0v) is 23.3. The fourth-order valence-electron chi connectivity index (χ4n) is 3.54. The molecule has 0 saturated heterocycles. The molecule has 0 saturated carbocycles. The monoisotopic (exact) mass is 592 g/mol. The summed E-state index contributed by atoms with van der Waals surface area (Å²) in [5.41, 5.74) is 1.50. The summed E-state index contributed by atoms with van der Waals surface area (Å²) in [4.78, 5) is 12.2. The van der Waals surface area contributed by atoms with E-state index >= 15 is 0 Å². The second kappa shape index (κ2) is 14.4. The first-order valence-corrected chi connectivity index (χ1v) is 12.4. The maximum absolute atomic E-state index is 11.0. The van der Waals surface area contributed by atoms with Crippen LogP contribution < -0.4 is 19.1 Å². The number of hydrogen-bond acceptors (Lipinski definition) is 12. The molecular formula is C25H26Cl2N6O7. The van der Waals surface area contributed by atoms with Crippen LogP contribution in [0.5, 0.6) is 17.2 Å². The molecule has 0 bridgehead atoms. The van der Waals surface area contributed by atoms with E-state index in [1.54, 1.807) is 24.3 Å². The Labute approximate surface area is 239 Å². The van der Waals surface area contributed by atoms with Crippen molar-refractivity contribution in [3.63, 3.8) is 0 Å². The van der Waals surface area contributed by atoms with Crippen molar-refractivity contribution < 1.29 is 29.3 Å². The van der Waals surface area contributed by atoms with Crippen LogP contribution in [0.25, 0.3) is 0 Å². The number of halogens is 2. The topological polar surface area (TPSA) is 164 Å². The highest BCUT2D eigenvalue weighted by Gasteiger charge is 2.16. The second-order valence-electron chi connectivity index (χ2n) is 7.90. The number of aliphatic hydroxyl groups excluding tert-OH is 2. The Morgan fingerprint density at radius 3 is 1.73 bits per heavy atom. The third kappa shape index (κ3) is 7.33. The van der Waals surface area contributed by atoms with Crippen LogP contribution in [0.15, 0.2) is 62.9 Å². The van der Waals surface area contributed by atoms with Gasteiger partial charge in [-0.1, -0.05) is 23.2 Å². The molecule has 0 fully saturated rings. The first-order chi connectivity index (χ1) is 19.3. The van der Waals surface area contributed by atoms with Gasteiger partial charge in [-0.25, -0.2) is 0 Å². The van der Waals surface area contributed by atoms with Gasteiger partial charge in [0.1, 0.15) is 40.0 Å². The van der Waals surface area contributed by atoms with Crippen molar-refractivity contribution >= 4 is 57.3 Å². The lowest BCUT2D eigenvalue weighted by Gasteiger charge is -2.23. The number of azo groups is 2. The Kier molecular flexibility index (Phi) is 11.0. The van der Waals surface area contributed by atoms with Gasteiger partial charge in [-0.15, -0.1) is 20.5 Å². The molecular weight excluding hydrogens is 567 g/mol. The number of anilines is 1. The van der Waals surface area contributed by atoms with Crippen molar-refractivity contribution in [2.24, 2.45) is 20.5 Å². The molecule has 2 N–H and O–H groups in total. The lowest BCUT2D eigenvalue weighted by molar-refractivity contribution is -0.384. The molecule has 15 heteroatoms. The normalized spacial score (nSPS) is 11.3. The van der Waals surface area contributed by atoms with E-state index < -0.39 is 4.92 Å². The molecule has 40 heavy (non-hydrogen) atoms. The summed E-state index contributed by atoms with van der Waals surface area (Å²) in [7, 11) is 4.37. The van der Waals surface area contributed by atoms with E-state index in [1.807, 2.05) is 4.90 Å². The number of nitro groups is 1. The maximum Gasteiger partial charge on any atom is 0.272 e. The molecule has 3 aromatic carbocycles. The minimum Gasteiger partial charge on any atom is -0.494 e. The Bertz CT molecular complexity index is 1390. The zero-order chi connectivity index (χ0) is 29.2. The summed E-state index contributed by atoms with van der Waals surface area (Å²) in [6, 6.07) is 10.5. The van der Waals surface area contributed by atoms with E-state index in [1.165, 1.54) is 27.4 Å². The van der Waals surface area contributed by atoms with Gasteiger partial charge < -0.3 is 29.3 Å². The summed E-state index contributed by atoms with van der Waals surface area (Å²) in [6.07, 6.45) is 0. The highest BCUT2D eigenvalue weighted by Crippen LogP contribution is 2.43.